The summed E-state index contributed by atoms with van der Waals surface area (Å²) in [4.78, 5) is 2.35. The van der Waals surface area contributed by atoms with Gasteiger partial charge < -0.3 is 4.90 Å². The second-order valence-corrected chi connectivity index (χ2v) is 6.75. The van der Waals surface area contributed by atoms with E-state index in [1.807, 2.05) is 16.8 Å². The van der Waals surface area contributed by atoms with Crippen molar-refractivity contribution in [1.82, 2.24) is 9.78 Å². The molecule has 0 atom stereocenters. The third kappa shape index (κ3) is 3.56. The van der Waals surface area contributed by atoms with Gasteiger partial charge in [0, 0.05) is 29.9 Å². The Morgan fingerprint density at radius 2 is 1.29 bits per heavy atom. The zero-order valence-electron chi connectivity index (χ0n) is 16.4. The molecule has 0 saturated carbocycles. The number of benzene rings is 3. The van der Waals surface area contributed by atoms with Crippen LogP contribution < -0.4 is 4.90 Å². The van der Waals surface area contributed by atoms with Crippen LogP contribution in [0.5, 0.6) is 0 Å². The van der Waals surface area contributed by atoms with Crippen LogP contribution in [-0.4, -0.2) is 22.9 Å². The Morgan fingerprint density at radius 1 is 0.714 bits per heavy atom. The monoisotopic (exact) mass is 367 g/mol. The molecule has 140 valence electrons. The smallest absolute Gasteiger partial charge is 0.0934 e. The van der Waals surface area contributed by atoms with Crippen LogP contribution in [-0.2, 0) is 0 Å². The number of hydrogen-bond donors (Lipinski definition) is 0. The van der Waals surface area contributed by atoms with Gasteiger partial charge in [0.2, 0.25) is 0 Å². The first-order valence-corrected chi connectivity index (χ1v) is 9.86. The first kappa shape index (κ1) is 18.1. The summed E-state index contributed by atoms with van der Waals surface area (Å²) in [7, 11) is 0. The van der Waals surface area contributed by atoms with Crippen molar-refractivity contribution in [2.45, 2.75) is 13.8 Å². The Balaban J connectivity index is 1.80. The molecular weight excluding hydrogens is 342 g/mol. The van der Waals surface area contributed by atoms with Gasteiger partial charge in [-0.15, -0.1) is 0 Å². The molecule has 0 bridgehead atoms. The molecule has 4 rings (SSSR count). The average Bonchev–Trinajstić information content (AvgIpc) is 3.22. The summed E-state index contributed by atoms with van der Waals surface area (Å²) >= 11 is 0. The summed E-state index contributed by atoms with van der Waals surface area (Å²) in [6.07, 6.45) is 0. The van der Waals surface area contributed by atoms with Gasteiger partial charge in [-0.25, -0.2) is 4.68 Å². The molecule has 1 aromatic heterocycles. The molecule has 0 unspecified atom stereocenters. The molecule has 4 aromatic rings. The number of anilines is 1. The molecule has 28 heavy (non-hydrogen) atoms. The van der Waals surface area contributed by atoms with Crippen LogP contribution >= 0.6 is 0 Å². The lowest BCUT2D eigenvalue weighted by Gasteiger charge is -2.21. The van der Waals surface area contributed by atoms with Gasteiger partial charge in [-0.2, -0.15) is 5.10 Å². The van der Waals surface area contributed by atoms with Gasteiger partial charge in [0.1, 0.15) is 0 Å². The topological polar surface area (TPSA) is 21.1 Å². The fourth-order valence-corrected chi connectivity index (χ4v) is 3.54. The molecule has 0 aliphatic heterocycles. The third-order valence-electron chi connectivity index (χ3n) is 5.07. The highest BCUT2D eigenvalue weighted by Gasteiger charge is 2.13. The van der Waals surface area contributed by atoms with Gasteiger partial charge in [-0.1, -0.05) is 60.7 Å². The minimum Gasteiger partial charge on any atom is -0.372 e. The highest BCUT2D eigenvalue weighted by Crippen LogP contribution is 2.29. The Labute approximate surface area is 166 Å². The van der Waals surface area contributed by atoms with E-state index in [1.165, 1.54) is 5.69 Å². The predicted octanol–water partition coefficient (Wildman–Crippen LogP) is 6.05. The lowest BCUT2D eigenvalue weighted by atomic mass is 10.1. The third-order valence-corrected chi connectivity index (χ3v) is 5.07. The van der Waals surface area contributed by atoms with Gasteiger partial charge in [0.05, 0.1) is 17.1 Å². The number of aromatic nitrogens is 2. The molecule has 0 amide bonds. The zero-order valence-corrected chi connectivity index (χ0v) is 16.4. The summed E-state index contributed by atoms with van der Waals surface area (Å²) in [6, 6.07) is 31.6. The van der Waals surface area contributed by atoms with E-state index in [0.717, 1.165) is 41.3 Å². The number of hydrogen-bond acceptors (Lipinski definition) is 2. The van der Waals surface area contributed by atoms with E-state index in [9.17, 15) is 0 Å². The maximum atomic E-state index is 4.94. The van der Waals surface area contributed by atoms with E-state index in [2.05, 4.69) is 97.6 Å². The van der Waals surface area contributed by atoms with Crippen molar-refractivity contribution in [2.75, 3.05) is 18.0 Å². The first-order chi connectivity index (χ1) is 13.8. The Kier molecular flexibility index (Phi) is 5.24. The Hall–Kier alpha value is -3.33. The maximum Gasteiger partial charge on any atom is 0.0934 e. The minimum absolute atomic E-state index is 0.979. The molecule has 0 spiro atoms. The highest BCUT2D eigenvalue weighted by molar-refractivity contribution is 5.70. The molecule has 0 radical (unpaired) electrons. The lowest BCUT2D eigenvalue weighted by Crippen LogP contribution is -2.21. The SMILES string of the molecule is CCN(CC)c1ccc(-n2nc(-c3ccccc3)cc2-c2ccccc2)cc1. The Morgan fingerprint density at radius 3 is 1.86 bits per heavy atom. The van der Waals surface area contributed by atoms with Crippen molar-refractivity contribution in [2.24, 2.45) is 0 Å². The lowest BCUT2D eigenvalue weighted by molar-refractivity contribution is 0.861. The summed E-state index contributed by atoms with van der Waals surface area (Å²) in [5.41, 5.74) is 6.66. The molecule has 3 nitrogen and oxygen atoms in total. The van der Waals surface area contributed by atoms with Crippen molar-refractivity contribution in [3.63, 3.8) is 0 Å². The van der Waals surface area contributed by atoms with Crippen LogP contribution in [0.3, 0.4) is 0 Å². The standard InChI is InChI=1S/C25H25N3/c1-3-27(4-2)22-15-17-23(18-16-22)28-25(21-13-9-6-10-14-21)19-24(26-28)20-11-7-5-8-12-20/h5-19H,3-4H2,1-2H3. The van der Waals surface area contributed by atoms with Gasteiger partial charge in [0.25, 0.3) is 0 Å². The maximum absolute atomic E-state index is 4.94. The van der Waals surface area contributed by atoms with Crippen LogP contribution in [0.15, 0.2) is 91.0 Å². The predicted molar refractivity (Wildman–Crippen MR) is 118 cm³/mol. The van der Waals surface area contributed by atoms with Crippen molar-refractivity contribution >= 4 is 5.69 Å². The zero-order chi connectivity index (χ0) is 19.3. The van der Waals surface area contributed by atoms with Crippen LogP contribution in [0, 0.1) is 0 Å². The number of nitrogens with zero attached hydrogens (tertiary/aromatic N) is 3. The highest BCUT2D eigenvalue weighted by atomic mass is 15.3. The van der Waals surface area contributed by atoms with Crippen LogP contribution in [0.2, 0.25) is 0 Å². The summed E-state index contributed by atoms with van der Waals surface area (Å²) < 4.78 is 2.05. The molecule has 0 saturated heterocycles. The number of rotatable bonds is 6. The van der Waals surface area contributed by atoms with E-state index in [0.29, 0.717) is 0 Å². The minimum atomic E-state index is 0.979. The van der Waals surface area contributed by atoms with Crippen molar-refractivity contribution in [3.05, 3.63) is 91.0 Å². The molecule has 3 heteroatoms. The average molecular weight is 367 g/mol. The van der Waals surface area contributed by atoms with E-state index < -0.39 is 0 Å². The van der Waals surface area contributed by atoms with E-state index >= 15 is 0 Å². The first-order valence-electron chi connectivity index (χ1n) is 9.86. The fourth-order valence-electron chi connectivity index (χ4n) is 3.54. The van der Waals surface area contributed by atoms with Crippen molar-refractivity contribution in [1.29, 1.82) is 0 Å². The molecule has 0 N–H and O–H groups in total. The molecule has 3 aromatic carbocycles. The second kappa shape index (κ2) is 8.13. The van der Waals surface area contributed by atoms with Gasteiger partial charge in [0.15, 0.2) is 0 Å². The van der Waals surface area contributed by atoms with Crippen LogP contribution in [0.25, 0.3) is 28.2 Å². The van der Waals surface area contributed by atoms with Crippen LogP contribution in [0.4, 0.5) is 5.69 Å². The van der Waals surface area contributed by atoms with E-state index in [1.54, 1.807) is 0 Å². The van der Waals surface area contributed by atoms with E-state index in [4.69, 9.17) is 5.10 Å². The summed E-state index contributed by atoms with van der Waals surface area (Å²) in [5.74, 6) is 0. The molecule has 0 aliphatic carbocycles. The second-order valence-electron chi connectivity index (χ2n) is 6.75. The quantitative estimate of drug-likeness (QED) is 0.413. The largest absolute Gasteiger partial charge is 0.372 e. The summed E-state index contributed by atoms with van der Waals surface area (Å²) in [6.45, 7) is 6.38. The van der Waals surface area contributed by atoms with Gasteiger partial charge >= 0.3 is 0 Å². The van der Waals surface area contributed by atoms with Crippen molar-refractivity contribution in [3.8, 4) is 28.2 Å². The molecule has 0 fully saturated rings. The van der Waals surface area contributed by atoms with E-state index in [-0.39, 0.29) is 0 Å². The summed E-state index contributed by atoms with van der Waals surface area (Å²) in [5, 5.41) is 4.94. The van der Waals surface area contributed by atoms with Crippen molar-refractivity contribution < 1.29 is 0 Å². The molecular formula is C25H25N3. The van der Waals surface area contributed by atoms with Gasteiger partial charge in [-0.3, -0.25) is 0 Å². The molecule has 1 heterocycles. The van der Waals surface area contributed by atoms with Crippen LogP contribution in [0.1, 0.15) is 13.8 Å². The fraction of sp³-hybridized carbons (Fsp3) is 0.160. The molecule has 0 aliphatic rings. The normalized spacial score (nSPS) is 10.8. The Bertz CT molecular complexity index is 1010. The van der Waals surface area contributed by atoms with Gasteiger partial charge in [-0.05, 0) is 44.2 Å².